The van der Waals surface area contributed by atoms with E-state index in [-0.39, 0.29) is 10.6 Å². The van der Waals surface area contributed by atoms with Crippen molar-refractivity contribution in [1.82, 2.24) is 0 Å². The number of benzene rings is 3. The molecule has 0 atom stereocenters. The minimum absolute atomic E-state index is 0.128. The Hall–Kier alpha value is -2.78. The molecule has 1 aliphatic carbocycles. The Morgan fingerprint density at radius 1 is 0.815 bits per heavy atom. The van der Waals surface area contributed by atoms with Gasteiger partial charge >= 0.3 is 7.37 Å². The topological polar surface area (TPSA) is 38.7 Å². The zero-order valence-corrected chi connectivity index (χ0v) is 15.2. The maximum Gasteiger partial charge on any atom is 0.330 e. The molecular formula is C21H16F2NO2P. The van der Waals surface area contributed by atoms with Gasteiger partial charge in [0, 0.05) is 5.56 Å². The largest absolute Gasteiger partial charge is 0.330 e. The molecule has 136 valence electrons. The summed E-state index contributed by atoms with van der Waals surface area (Å²) in [6.07, 6.45) is 1.48. The maximum atomic E-state index is 13.7. The third-order valence-electron chi connectivity index (χ3n) is 4.52. The van der Waals surface area contributed by atoms with Crippen LogP contribution in [-0.2, 0) is 15.6 Å². The summed E-state index contributed by atoms with van der Waals surface area (Å²) in [6.45, 7) is 0. The quantitative estimate of drug-likeness (QED) is 0.489. The van der Waals surface area contributed by atoms with Crippen LogP contribution in [0.4, 0.5) is 8.78 Å². The van der Waals surface area contributed by atoms with E-state index in [2.05, 4.69) is 5.16 Å². The fourth-order valence-electron chi connectivity index (χ4n) is 3.17. The molecule has 0 heterocycles. The molecule has 0 spiro atoms. The van der Waals surface area contributed by atoms with E-state index in [4.69, 9.17) is 4.62 Å². The highest BCUT2D eigenvalue weighted by molar-refractivity contribution is 7.74. The van der Waals surface area contributed by atoms with E-state index >= 15 is 0 Å². The van der Waals surface area contributed by atoms with Gasteiger partial charge < -0.3 is 4.62 Å². The lowest BCUT2D eigenvalue weighted by Crippen LogP contribution is -2.18. The van der Waals surface area contributed by atoms with Crippen LogP contribution in [0.3, 0.4) is 0 Å². The Labute approximate surface area is 155 Å². The first kappa shape index (κ1) is 17.6. The maximum absolute atomic E-state index is 13.7. The Bertz CT molecular complexity index is 1030. The van der Waals surface area contributed by atoms with Gasteiger partial charge in [0.1, 0.15) is 11.6 Å². The number of rotatable bonds is 4. The van der Waals surface area contributed by atoms with E-state index < -0.39 is 19.0 Å². The lowest BCUT2D eigenvalue weighted by Gasteiger charge is -2.17. The molecule has 0 N–H and O–H groups in total. The molecule has 0 unspecified atom stereocenters. The standard InChI is InChI=1S/C21H16F2NO2P/c22-16-6-3-8-18(13-16)27(25,19-9-4-7-17(23)14-19)26-24-21-12-11-15-5-1-2-10-20(15)21/h1-10,13-14H,11-12H2/b24-21+. The monoisotopic (exact) mass is 383 g/mol. The molecule has 0 bridgehead atoms. The van der Waals surface area contributed by atoms with E-state index in [0.29, 0.717) is 12.1 Å². The SMILES string of the molecule is O=P(O/N=C1\CCc2ccccc21)(c1cccc(F)c1)c1cccc(F)c1. The number of hydrogen-bond acceptors (Lipinski definition) is 3. The zero-order valence-electron chi connectivity index (χ0n) is 14.3. The van der Waals surface area contributed by atoms with Crippen molar-refractivity contribution in [3.05, 3.63) is 95.6 Å². The zero-order chi connectivity index (χ0) is 18.9. The molecule has 3 aromatic carbocycles. The molecule has 4 rings (SSSR count). The van der Waals surface area contributed by atoms with Crippen LogP contribution >= 0.6 is 7.37 Å². The first-order valence-electron chi connectivity index (χ1n) is 8.52. The lowest BCUT2D eigenvalue weighted by molar-refractivity contribution is 0.348. The molecule has 3 aromatic rings. The third kappa shape index (κ3) is 3.43. The molecule has 3 nitrogen and oxygen atoms in total. The van der Waals surface area contributed by atoms with Crippen molar-refractivity contribution in [3.63, 3.8) is 0 Å². The van der Waals surface area contributed by atoms with Crippen molar-refractivity contribution in [2.45, 2.75) is 12.8 Å². The fourth-order valence-corrected chi connectivity index (χ4v) is 5.02. The van der Waals surface area contributed by atoms with E-state index in [1.165, 1.54) is 36.4 Å². The van der Waals surface area contributed by atoms with Crippen molar-refractivity contribution in [3.8, 4) is 0 Å². The van der Waals surface area contributed by atoms with Crippen molar-refractivity contribution < 1.29 is 18.0 Å². The second kappa shape index (κ2) is 7.09. The summed E-state index contributed by atoms with van der Waals surface area (Å²) >= 11 is 0. The molecule has 0 saturated heterocycles. The first-order valence-corrected chi connectivity index (χ1v) is 10.1. The van der Waals surface area contributed by atoms with Crippen LogP contribution in [0.5, 0.6) is 0 Å². The minimum Gasteiger partial charge on any atom is -0.330 e. The van der Waals surface area contributed by atoms with Crippen molar-refractivity contribution in [1.29, 1.82) is 0 Å². The Morgan fingerprint density at radius 3 is 2.07 bits per heavy atom. The number of oxime groups is 1. The van der Waals surface area contributed by atoms with Crippen LogP contribution < -0.4 is 10.6 Å². The summed E-state index contributed by atoms with van der Waals surface area (Å²) in [5, 5.41) is 4.41. The predicted octanol–water partition coefficient (Wildman–Crippen LogP) is 4.56. The summed E-state index contributed by atoms with van der Waals surface area (Å²) in [6, 6.07) is 18.4. The van der Waals surface area contributed by atoms with Gasteiger partial charge in [0.25, 0.3) is 0 Å². The van der Waals surface area contributed by atoms with E-state index in [9.17, 15) is 13.3 Å². The van der Waals surface area contributed by atoms with Gasteiger partial charge in [0.15, 0.2) is 0 Å². The molecule has 27 heavy (non-hydrogen) atoms. The number of hydrogen-bond donors (Lipinski definition) is 0. The summed E-state index contributed by atoms with van der Waals surface area (Å²) in [5.41, 5.74) is 2.77. The molecule has 0 saturated carbocycles. The molecule has 0 radical (unpaired) electrons. The Morgan fingerprint density at radius 2 is 1.44 bits per heavy atom. The van der Waals surface area contributed by atoms with Gasteiger partial charge in [-0.2, -0.15) is 0 Å². The second-order valence-electron chi connectivity index (χ2n) is 6.29. The lowest BCUT2D eigenvalue weighted by atomic mass is 10.1. The molecule has 1 aliphatic rings. The van der Waals surface area contributed by atoms with Crippen LogP contribution in [0.15, 0.2) is 78.0 Å². The van der Waals surface area contributed by atoms with Crippen LogP contribution in [-0.4, -0.2) is 5.71 Å². The summed E-state index contributed by atoms with van der Waals surface area (Å²) in [4.78, 5) is 0. The summed E-state index contributed by atoms with van der Waals surface area (Å²) < 4.78 is 46.8. The van der Waals surface area contributed by atoms with Crippen LogP contribution in [0.2, 0.25) is 0 Å². The van der Waals surface area contributed by atoms with E-state index in [1.54, 1.807) is 0 Å². The Balaban J connectivity index is 1.78. The van der Waals surface area contributed by atoms with Gasteiger partial charge in [0.05, 0.1) is 16.3 Å². The van der Waals surface area contributed by atoms with E-state index in [1.807, 2.05) is 24.3 Å². The predicted molar refractivity (Wildman–Crippen MR) is 102 cm³/mol. The van der Waals surface area contributed by atoms with Crippen molar-refractivity contribution in [2.75, 3.05) is 0 Å². The van der Waals surface area contributed by atoms with Crippen LogP contribution in [0.25, 0.3) is 0 Å². The number of aryl methyl sites for hydroxylation is 1. The van der Waals surface area contributed by atoms with Gasteiger partial charge in [-0.25, -0.2) is 8.78 Å². The minimum atomic E-state index is -3.81. The van der Waals surface area contributed by atoms with Gasteiger partial charge in [0.2, 0.25) is 0 Å². The highest BCUT2D eigenvalue weighted by Crippen LogP contribution is 2.45. The highest BCUT2D eigenvalue weighted by Gasteiger charge is 2.32. The average molecular weight is 383 g/mol. The fraction of sp³-hybridized carbons (Fsp3) is 0.0952. The second-order valence-corrected chi connectivity index (χ2v) is 8.59. The number of halogens is 2. The molecule has 0 aliphatic heterocycles. The van der Waals surface area contributed by atoms with Gasteiger partial charge in [-0.3, -0.25) is 4.57 Å². The summed E-state index contributed by atoms with van der Waals surface area (Å²) in [7, 11) is -3.81. The van der Waals surface area contributed by atoms with Crippen LogP contribution in [0, 0.1) is 11.6 Å². The molecule has 0 amide bonds. The van der Waals surface area contributed by atoms with Gasteiger partial charge in [-0.1, -0.05) is 41.6 Å². The van der Waals surface area contributed by atoms with Gasteiger partial charge in [-0.05, 0) is 54.8 Å². The molecule has 0 aromatic heterocycles. The average Bonchev–Trinajstić information content (AvgIpc) is 3.09. The number of fused-ring (bicyclic) bond motifs is 1. The molecular weight excluding hydrogens is 367 g/mol. The smallest absolute Gasteiger partial charge is 0.330 e. The first-order chi connectivity index (χ1) is 13.1. The molecule has 0 fully saturated rings. The number of nitrogens with zero attached hydrogens (tertiary/aromatic N) is 1. The summed E-state index contributed by atoms with van der Waals surface area (Å²) in [5.74, 6) is -1.10. The normalized spacial score (nSPS) is 15.0. The highest BCUT2D eigenvalue weighted by atomic mass is 31.2. The Kier molecular flexibility index (Phi) is 4.63. The van der Waals surface area contributed by atoms with Gasteiger partial charge in [-0.15, -0.1) is 0 Å². The molecule has 6 heteroatoms. The van der Waals surface area contributed by atoms with Crippen molar-refractivity contribution in [2.24, 2.45) is 5.16 Å². The van der Waals surface area contributed by atoms with E-state index in [0.717, 1.165) is 29.7 Å². The third-order valence-corrected chi connectivity index (χ3v) is 6.75. The van der Waals surface area contributed by atoms with Crippen molar-refractivity contribution >= 4 is 23.7 Å². The van der Waals surface area contributed by atoms with Crippen LogP contribution in [0.1, 0.15) is 17.5 Å².